The van der Waals surface area contributed by atoms with Crippen LogP contribution in [0.5, 0.6) is 0 Å². The summed E-state index contributed by atoms with van der Waals surface area (Å²) < 4.78 is 0. The van der Waals surface area contributed by atoms with E-state index in [1.54, 1.807) is 11.8 Å². The van der Waals surface area contributed by atoms with Gasteiger partial charge in [-0.2, -0.15) is 17.0 Å². The zero-order valence-electron chi connectivity index (χ0n) is 6.88. The molecular weight excluding hydrogens is 180 g/mol. The second-order valence-electron chi connectivity index (χ2n) is 2.47. The first-order valence-electron chi connectivity index (χ1n) is 3.43. The number of thioether (sulfide) groups is 1. The highest BCUT2D eigenvalue weighted by atomic mass is 35.5. The Labute approximate surface area is 77.5 Å². The van der Waals surface area contributed by atoms with Gasteiger partial charge in [-0.05, 0) is 14.1 Å². The average Bonchev–Trinajstić information content (AvgIpc) is 1.97. The molecule has 0 aliphatic heterocycles. The fraction of sp³-hybridized carbons (Fsp3) is 0.857. The van der Waals surface area contributed by atoms with Gasteiger partial charge in [-0.15, -0.1) is 11.6 Å². The first kappa shape index (κ1) is 11.1. The van der Waals surface area contributed by atoms with Crippen LogP contribution in [0.1, 0.15) is 0 Å². The molecule has 0 aromatic heterocycles. The van der Waals surface area contributed by atoms with Crippen molar-refractivity contribution in [2.24, 2.45) is 0 Å². The minimum absolute atomic E-state index is 0.331. The summed E-state index contributed by atoms with van der Waals surface area (Å²) in [5.74, 6) is 1.77. The van der Waals surface area contributed by atoms with Gasteiger partial charge in [0.1, 0.15) is 5.38 Å². The second-order valence-corrected chi connectivity index (χ2v) is 4.15. The van der Waals surface area contributed by atoms with Crippen LogP contribution >= 0.6 is 23.4 Å². The topological polar surface area (TPSA) is 27.0 Å². The summed E-state index contributed by atoms with van der Waals surface area (Å²) in [7, 11) is 4.06. The number of nitriles is 1. The van der Waals surface area contributed by atoms with E-state index in [-0.39, 0.29) is 5.38 Å². The average molecular weight is 193 g/mol. The molecule has 0 saturated heterocycles. The van der Waals surface area contributed by atoms with Gasteiger partial charge in [-0.3, -0.25) is 0 Å². The van der Waals surface area contributed by atoms with Gasteiger partial charge in [0, 0.05) is 18.1 Å². The molecule has 0 spiro atoms. The zero-order chi connectivity index (χ0) is 8.69. The maximum Gasteiger partial charge on any atom is 0.129 e. The lowest BCUT2D eigenvalue weighted by Gasteiger charge is -2.08. The molecule has 1 atom stereocenters. The van der Waals surface area contributed by atoms with Gasteiger partial charge in [-0.25, -0.2) is 0 Å². The lowest BCUT2D eigenvalue weighted by Crippen LogP contribution is -2.15. The summed E-state index contributed by atoms with van der Waals surface area (Å²) in [6.45, 7) is 1.04. The zero-order valence-corrected chi connectivity index (χ0v) is 8.45. The Morgan fingerprint density at radius 2 is 2.27 bits per heavy atom. The predicted molar refractivity (Wildman–Crippen MR) is 51.1 cm³/mol. The van der Waals surface area contributed by atoms with Gasteiger partial charge in [-0.1, -0.05) is 0 Å². The van der Waals surface area contributed by atoms with E-state index in [4.69, 9.17) is 16.9 Å². The van der Waals surface area contributed by atoms with Crippen molar-refractivity contribution in [3.63, 3.8) is 0 Å². The molecule has 4 heteroatoms. The highest BCUT2D eigenvalue weighted by Gasteiger charge is 2.00. The Kier molecular flexibility index (Phi) is 6.83. The lowest BCUT2D eigenvalue weighted by molar-refractivity contribution is 0.437. The van der Waals surface area contributed by atoms with Gasteiger partial charge in [0.05, 0.1) is 6.07 Å². The van der Waals surface area contributed by atoms with Crippen molar-refractivity contribution in [2.75, 3.05) is 32.1 Å². The van der Waals surface area contributed by atoms with Crippen LogP contribution in [0, 0.1) is 11.3 Å². The number of alkyl halides is 1. The predicted octanol–water partition coefficient (Wildman–Crippen LogP) is 1.41. The monoisotopic (exact) mass is 192 g/mol. The molecule has 0 aliphatic rings. The molecule has 0 radical (unpaired) electrons. The van der Waals surface area contributed by atoms with Crippen molar-refractivity contribution in [3.8, 4) is 6.07 Å². The van der Waals surface area contributed by atoms with E-state index >= 15 is 0 Å². The highest BCUT2D eigenvalue weighted by molar-refractivity contribution is 7.99. The van der Waals surface area contributed by atoms with E-state index in [0.29, 0.717) is 0 Å². The van der Waals surface area contributed by atoms with Crippen LogP contribution in [0.2, 0.25) is 0 Å². The third-order valence-electron chi connectivity index (χ3n) is 1.09. The largest absolute Gasteiger partial charge is 0.309 e. The van der Waals surface area contributed by atoms with Crippen LogP contribution in [0.25, 0.3) is 0 Å². The maximum atomic E-state index is 8.34. The number of hydrogen-bond acceptors (Lipinski definition) is 3. The fourth-order valence-corrected chi connectivity index (χ4v) is 1.68. The highest BCUT2D eigenvalue weighted by Crippen LogP contribution is 2.06. The summed E-state index contributed by atoms with van der Waals surface area (Å²) in [6.07, 6.45) is 0. The summed E-state index contributed by atoms with van der Waals surface area (Å²) in [6, 6.07) is 1.98. The van der Waals surface area contributed by atoms with Crippen LogP contribution in [-0.4, -0.2) is 42.4 Å². The van der Waals surface area contributed by atoms with Crippen molar-refractivity contribution in [3.05, 3.63) is 0 Å². The molecule has 0 fully saturated rings. The van der Waals surface area contributed by atoms with Crippen molar-refractivity contribution in [2.45, 2.75) is 5.38 Å². The van der Waals surface area contributed by atoms with Gasteiger partial charge in [0.25, 0.3) is 0 Å². The van der Waals surface area contributed by atoms with Crippen molar-refractivity contribution in [1.82, 2.24) is 4.90 Å². The Morgan fingerprint density at radius 3 is 2.73 bits per heavy atom. The molecule has 0 rings (SSSR count). The Morgan fingerprint density at radius 1 is 1.64 bits per heavy atom. The number of rotatable bonds is 5. The smallest absolute Gasteiger partial charge is 0.129 e. The van der Waals surface area contributed by atoms with Gasteiger partial charge in [0.15, 0.2) is 0 Å². The number of hydrogen-bond donors (Lipinski definition) is 0. The number of nitrogens with zero attached hydrogens (tertiary/aromatic N) is 2. The fourth-order valence-electron chi connectivity index (χ4n) is 0.471. The van der Waals surface area contributed by atoms with Crippen LogP contribution in [0.3, 0.4) is 0 Å². The molecule has 2 nitrogen and oxygen atoms in total. The molecule has 11 heavy (non-hydrogen) atoms. The molecule has 0 N–H and O–H groups in total. The van der Waals surface area contributed by atoms with Crippen LogP contribution < -0.4 is 0 Å². The molecule has 0 bridgehead atoms. The van der Waals surface area contributed by atoms with Crippen LogP contribution in [-0.2, 0) is 0 Å². The van der Waals surface area contributed by atoms with E-state index in [9.17, 15) is 0 Å². The third-order valence-corrected chi connectivity index (χ3v) is 2.56. The first-order chi connectivity index (χ1) is 5.16. The molecule has 0 heterocycles. The molecular formula is C7H13ClN2S. The van der Waals surface area contributed by atoms with Crippen LogP contribution in [0.4, 0.5) is 0 Å². The summed E-state index contributed by atoms with van der Waals surface area (Å²) in [5.41, 5.74) is 0. The molecule has 0 amide bonds. The standard InChI is InChI=1S/C7H13ClN2S/c1-10(2)3-4-11-6-7(8)5-9/h7H,3-4,6H2,1-2H3. The van der Waals surface area contributed by atoms with E-state index in [1.807, 2.05) is 20.2 Å². The summed E-state index contributed by atoms with van der Waals surface area (Å²) >= 11 is 7.30. The Balaban J connectivity index is 3.10. The van der Waals surface area contributed by atoms with Gasteiger partial charge in [0.2, 0.25) is 0 Å². The van der Waals surface area contributed by atoms with Gasteiger partial charge >= 0.3 is 0 Å². The normalized spacial score (nSPS) is 13.0. The third kappa shape index (κ3) is 7.99. The van der Waals surface area contributed by atoms with Gasteiger partial charge < -0.3 is 4.90 Å². The number of halogens is 1. The Hall–Kier alpha value is 0.0900. The van der Waals surface area contributed by atoms with E-state index in [2.05, 4.69) is 4.90 Å². The molecule has 64 valence electrons. The quantitative estimate of drug-likeness (QED) is 0.487. The van der Waals surface area contributed by atoms with E-state index < -0.39 is 0 Å². The second kappa shape index (κ2) is 6.78. The molecule has 0 aromatic rings. The van der Waals surface area contributed by atoms with Crippen LogP contribution in [0.15, 0.2) is 0 Å². The molecule has 0 aromatic carbocycles. The SMILES string of the molecule is CN(C)CCSCC(Cl)C#N. The van der Waals surface area contributed by atoms with Crippen molar-refractivity contribution < 1.29 is 0 Å². The first-order valence-corrected chi connectivity index (χ1v) is 5.02. The van der Waals surface area contributed by atoms with Crippen molar-refractivity contribution >= 4 is 23.4 Å². The minimum Gasteiger partial charge on any atom is -0.309 e. The summed E-state index contributed by atoms with van der Waals surface area (Å²) in [4.78, 5) is 2.11. The lowest BCUT2D eigenvalue weighted by atomic mass is 10.5. The molecule has 0 aliphatic carbocycles. The maximum absolute atomic E-state index is 8.34. The summed E-state index contributed by atoms with van der Waals surface area (Å²) in [5, 5.41) is 8.01. The Bertz CT molecular complexity index is 133. The minimum atomic E-state index is -0.331. The van der Waals surface area contributed by atoms with E-state index in [1.165, 1.54) is 0 Å². The van der Waals surface area contributed by atoms with E-state index in [0.717, 1.165) is 18.1 Å². The van der Waals surface area contributed by atoms with Crippen molar-refractivity contribution in [1.29, 1.82) is 5.26 Å². The molecule has 0 saturated carbocycles. The molecule has 1 unspecified atom stereocenters.